The first-order valence-corrected chi connectivity index (χ1v) is 26.7. The number of carbonyl (C=O) groups excluding carboxylic acids is 4. The number of ether oxygens (including phenoxy) is 9. The van der Waals surface area contributed by atoms with Gasteiger partial charge in [0.05, 0.1) is 23.3 Å². The molecule has 408 valence electrons. The summed E-state index contributed by atoms with van der Waals surface area (Å²) in [7, 11) is 0. The van der Waals surface area contributed by atoms with Gasteiger partial charge in [-0.25, -0.2) is 9.59 Å². The van der Waals surface area contributed by atoms with E-state index in [1.807, 2.05) is 66.7 Å². The van der Waals surface area contributed by atoms with E-state index < -0.39 is 88.5 Å². The maximum absolute atomic E-state index is 16.0. The second kappa shape index (κ2) is 20.1. The number of aliphatic hydroxyl groups is 2. The Bertz CT molecular complexity index is 3080. The van der Waals surface area contributed by atoms with Crippen molar-refractivity contribution in [2.45, 2.75) is 167 Å². The number of hydrogen-bond donors (Lipinski definition) is 2. The molecule has 5 aliphatic heterocycles. The summed E-state index contributed by atoms with van der Waals surface area (Å²) < 4.78 is 57.4. The normalized spacial score (nSPS) is 30.8. The second-order valence-corrected chi connectivity index (χ2v) is 23.4. The molecule has 4 bridgehead atoms. The zero-order valence-corrected chi connectivity index (χ0v) is 45.9. The molecule has 1 saturated carbocycles. The number of allylic oxidation sites excluding steroid dienone is 5. The molecule has 0 amide bonds. The van der Waals surface area contributed by atoms with Crippen LogP contribution in [0.1, 0.15) is 132 Å². The highest BCUT2D eigenvalue weighted by atomic mass is 35.5. The predicted octanol–water partition coefficient (Wildman–Crippen LogP) is 10.0. The van der Waals surface area contributed by atoms with E-state index in [1.54, 1.807) is 57.2 Å². The zero-order chi connectivity index (χ0) is 55.1. The second-order valence-electron chi connectivity index (χ2n) is 23.0. The van der Waals surface area contributed by atoms with E-state index in [4.69, 9.17) is 54.2 Å². The molecule has 3 aromatic rings. The Morgan fingerprint density at radius 2 is 1.61 bits per heavy atom. The highest BCUT2D eigenvalue weighted by Crippen LogP contribution is 2.69. The number of Topliss-reactive ketones (excluding diaryl/α,β-unsaturated/α-hetero) is 2. The Hall–Kier alpha value is -5.91. The fourth-order valence-corrected chi connectivity index (χ4v) is 12.2. The SMILES string of the molecule is CC(C)=CCCC1(C)C=Cc2c(c(CC=C(C)C)c3c(c2OC(=O)c2ccc(O[C@@H]4O[C@@H]5COC(C)(C)O[C@H]5[C@@H](O)[C@H]4O)cc2)C(=O)C2=CC4CC5C(C)(C)OC(C/C=C(/C)C(=O)OCc6ccccc6Cl)(C4=O)C25O3)O1. The van der Waals surface area contributed by atoms with E-state index in [1.165, 1.54) is 24.3 Å². The van der Waals surface area contributed by atoms with Gasteiger partial charge in [-0.15, -0.1) is 0 Å². The minimum atomic E-state index is -1.77. The summed E-state index contributed by atoms with van der Waals surface area (Å²) >= 11 is 6.36. The average molecular weight is 1080 g/mol. The van der Waals surface area contributed by atoms with Crippen molar-refractivity contribution in [2.75, 3.05) is 6.61 Å². The van der Waals surface area contributed by atoms with Gasteiger partial charge < -0.3 is 52.8 Å². The molecule has 8 aliphatic rings. The summed E-state index contributed by atoms with van der Waals surface area (Å²) in [5.41, 5.74) is -1.14. The molecule has 5 unspecified atom stereocenters. The molecule has 5 heterocycles. The van der Waals surface area contributed by atoms with Crippen LogP contribution in [-0.2, 0) is 46.3 Å². The number of ketones is 2. The van der Waals surface area contributed by atoms with Gasteiger partial charge >= 0.3 is 11.9 Å². The van der Waals surface area contributed by atoms with E-state index in [-0.39, 0.29) is 71.4 Å². The van der Waals surface area contributed by atoms with Crippen molar-refractivity contribution in [3.05, 3.63) is 134 Å². The number of benzene rings is 3. The molecule has 1 spiro atoms. The molecule has 0 radical (unpaired) electrons. The van der Waals surface area contributed by atoms with Crippen LogP contribution in [0, 0.1) is 11.8 Å². The number of fused-ring (bicyclic) bond motifs is 3. The lowest BCUT2D eigenvalue weighted by Crippen LogP contribution is -2.72. The highest BCUT2D eigenvalue weighted by Gasteiger charge is 2.81. The van der Waals surface area contributed by atoms with E-state index in [0.29, 0.717) is 46.7 Å². The van der Waals surface area contributed by atoms with Gasteiger partial charge in [0, 0.05) is 45.6 Å². The molecular weight excluding hydrogens is 1010 g/mol. The smallest absolute Gasteiger partial charge is 0.343 e. The van der Waals surface area contributed by atoms with Crippen molar-refractivity contribution in [2.24, 2.45) is 11.8 Å². The molecule has 10 atom stereocenters. The molecule has 3 aromatic carbocycles. The molecular formula is C61H67ClO15. The Labute approximate surface area is 453 Å². The molecule has 0 aromatic heterocycles. The monoisotopic (exact) mass is 1070 g/mol. The third-order valence-corrected chi connectivity index (χ3v) is 16.3. The van der Waals surface area contributed by atoms with Crippen molar-refractivity contribution in [1.29, 1.82) is 0 Å². The lowest BCUT2D eigenvalue weighted by atomic mass is 9.51. The van der Waals surface area contributed by atoms with Crippen molar-refractivity contribution in [1.82, 2.24) is 0 Å². The zero-order valence-electron chi connectivity index (χ0n) is 45.2. The topological polar surface area (TPSA) is 192 Å². The largest absolute Gasteiger partial charge is 0.482 e. The summed E-state index contributed by atoms with van der Waals surface area (Å²) in [5.74, 6) is -3.84. The number of rotatable bonds is 14. The van der Waals surface area contributed by atoms with E-state index in [0.717, 1.165) is 11.1 Å². The van der Waals surface area contributed by atoms with Gasteiger partial charge in [0.1, 0.15) is 59.4 Å². The van der Waals surface area contributed by atoms with Crippen LogP contribution in [0.25, 0.3) is 6.08 Å². The number of esters is 2. The molecule has 2 N–H and O–H groups in total. The molecule has 15 nitrogen and oxygen atoms in total. The maximum Gasteiger partial charge on any atom is 0.343 e. The third kappa shape index (κ3) is 9.59. The number of carbonyl (C=O) groups is 4. The van der Waals surface area contributed by atoms with Gasteiger partial charge in [0.2, 0.25) is 6.29 Å². The van der Waals surface area contributed by atoms with E-state index >= 15 is 9.59 Å². The Balaban J connectivity index is 1.04. The van der Waals surface area contributed by atoms with Gasteiger partial charge in [-0.05, 0) is 137 Å². The van der Waals surface area contributed by atoms with Crippen molar-refractivity contribution in [3.63, 3.8) is 0 Å². The summed E-state index contributed by atoms with van der Waals surface area (Å²) in [6.45, 7) is 18.8. The average Bonchev–Trinajstić information content (AvgIpc) is 3.84. The number of aliphatic hydroxyl groups excluding tert-OH is 2. The Morgan fingerprint density at radius 1 is 0.883 bits per heavy atom. The first kappa shape index (κ1) is 54.4. The molecule has 11 rings (SSSR count). The predicted molar refractivity (Wildman–Crippen MR) is 284 cm³/mol. The minimum absolute atomic E-state index is 0.00550. The summed E-state index contributed by atoms with van der Waals surface area (Å²) in [6, 6.07) is 13.0. The Kier molecular flexibility index (Phi) is 14.2. The van der Waals surface area contributed by atoms with Crippen molar-refractivity contribution >= 4 is 41.2 Å². The molecule has 4 fully saturated rings. The standard InChI is InChI=1S/C61H67ClO15/c1-32(2)14-13-25-59(10)26-24-40-49(75-59)39(22-17-33(3)4)51-45(50(40)73-55(68)35-18-20-38(21-19-35)71-56-48(65)47(64)52-43(72-56)31-70-58(8,9)74-52)46(63)41-28-37-29-44-57(6,7)77-60(53(37)66,61(41,44)76-51)27-23-34(5)54(67)69-30-36-15-11-12-16-42(36)62/h11-12,14-21,23-24,26,28,37,43-44,47-48,52,56,64-65H,13,22,25,27,29-31H2,1-10H3/b34-23-/t37?,43-,44?,47+,48-,52-,56-,59?,60?,61?/m1/s1. The molecule has 3 saturated heterocycles. The lowest BCUT2D eigenvalue weighted by molar-refractivity contribution is -0.373. The van der Waals surface area contributed by atoms with Crippen LogP contribution in [0.15, 0.2) is 101 Å². The van der Waals surface area contributed by atoms with Crippen LogP contribution < -0.4 is 18.9 Å². The van der Waals surface area contributed by atoms with E-state index in [9.17, 15) is 19.8 Å². The minimum Gasteiger partial charge on any atom is -0.482 e. The van der Waals surface area contributed by atoms with Gasteiger partial charge in [0.25, 0.3) is 0 Å². The molecule has 3 aliphatic carbocycles. The highest BCUT2D eigenvalue weighted by molar-refractivity contribution is 6.31. The molecule has 16 heteroatoms. The third-order valence-electron chi connectivity index (χ3n) is 16.0. The van der Waals surface area contributed by atoms with Gasteiger partial charge in [-0.1, -0.05) is 65.3 Å². The first-order valence-electron chi connectivity index (χ1n) is 26.4. The van der Waals surface area contributed by atoms with Crippen LogP contribution in [0.4, 0.5) is 0 Å². The maximum atomic E-state index is 16.0. The fourth-order valence-electron chi connectivity index (χ4n) is 12.0. The number of halogens is 1. The van der Waals surface area contributed by atoms with E-state index in [2.05, 4.69) is 6.08 Å². The lowest BCUT2D eigenvalue weighted by Gasteiger charge is -2.56. The first-order chi connectivity index (χ1) is 36.4. The number of hydrogen-bond acceptors (Lipinski definition) is 15. The van der Waals surface area contributed by atoms with Crippen LogP contribution in [0.3, 0.4) is 0 Å². The summed E-state index contributed by atoms with van der Waals surface area (Å²) in [5, 5.41) is 22.5. The molecule has 77 heavy (non-hydrogen) atoms. The van der Waals surface area contributed by atoms with Crippen molar-refractivity contribution < 1.29 is 72.0 Å². The summed E-state index contributed by atoms with van der Waals surface area (Å²) in [6.07, 6.45) is 7.30. The van der Waals surface area contributed by atoms with Crippen LogP contribution in [0.5, 0.6) is 23.0 Å². The van der Waals surface area contributed by atoms with Gasteiger partial charge in [-0.2, -0.15) is 0 Å². The van der Waals surface area contributed by atoms with Gasteiger partial charge in [0.15, 0.2) is 34.3 Å². The van der Waals surface area contributed by atoms with Crippen LogP contribution >= 0.6 is 11.6 Å². The summed E-state index contributed by atoms with van der Waals surface area (Å²) in [4.78, 5) is 59.3. The van der Waals surface area contributed by atoms with Crippen LogP contribution in [-0.4, -0.2) is 99.2 Å². The quantitative estimate of drug-likeness (QED) is 0.0670. The Morgan fingerprint density at radius 3 is 2.32 bits per heavy atom. The van der Waals surface area contributed by atoms with Gasteiger partial charge in [-0.3, -0.25) is 9.59 Å². The van der Waals surface area contributed by atoms with Crippen LogP contribution in [0.2, 0.25) is 5.02 Å². The fraction of sp³-hybridized carbons (Fsp3) is 0.475. The van der Waals surface area contributed by atoms with Crippen molar-refractivity contribution in [3.8, 4) is 23.0 Å².